The van der Waals surface area contributed by atoms with E-state index < -0.39 is 6.04 Å². The molecule has 7 nitrogen and oxygen atoms in total. The lowest BCUT2D eigenvalue weighted by molar-refractivity contribution is -0.136. The van der Waals surface area contributed by atoms with Crippen molar-refractivity contribution in [1.29, 1.82) is 0 Å². The highest BCUT2D eigenvalue weighted by molar-refractivity contribution is 6.05. The van der Waals surface area contributed by atoms with E-state index in [1.54, 1.807) is 4.90 Å². The molecule has 0 aromatic heterocycles. The number of nitrogens with zero attached hydrogens (tertiary/aromatic N) is 1. The first-order chi connectivity index (χ1) is 14.1. The van der Waals surface area contributed by atoms with Crippen LogP contribution in [0.2, 0.25) is 0 Å². The lowest BCUT2D eigenvalue weighted by Gasteiger charge is -2.43. The van der Waals surface area contributed by atoms with Gasteiger partial charge in [-0.3, -0.25) is 19.7 Å². The molecule has 2 saturated heterocycles. The summed E-state index contributed by atoms with van der Waals surface area (Å²) in [6, 6.07) is 5.85. The number of imide groups is 1. The van der Waals surface area contributed by atoms with E-state index in [9.17, 15) is 14.4 Å². The minimum Gasteiger partial charge on any atom is -0.322 e. The van der Waals surface area contributed by atoms with Gasteiger partial charge in [0.25, 0.3) is 5.91 Å². The van der Waals surface area contributed by atoms with Crippen molar-refractivity contribution in [3.63, 3.8) is 0 Å². The minimum atomic E-state index is -0.558. The fourth-order valence-corrected chi connectivity index (χ4v) is 5.68. The maximum absolute atomic E-state index is 13.0. The summed E-state index contributed by atoms with van der Waals surface area (Å²) < 4.78 is 0. The Balaban J connectivity index is 1.32. The molecule has 1 saturated carbocycles. The summed E-state index contributed by atoms with van der Waals surface area (Å²) in [5.41, 5.74) is 2.86. The number of benzene rings is 1. The average molecular weight is 396 g/mol. The molecule has 3 fully saturated rings. The number of carbonyl (C=O) groups excluding carboxylic acids is 3. The lowest BCUT2D eigenvalue weighted by Crippen LogP contribution is -2.55. The van der Waals surface area contributed by atoms with Crippen LogP contribution in [-0.2, 0) is 22.7 Å². The first-order valence-electron chi connectivity index (χ1n) is 10.8. The number of piperidine rings is 2. The zero-order valence-electron chi connectivity index (χ0n) is 16.6. The van der Waals surface area contributed by atoms with Crippen LogP contribution in [0.5, 0.6) is 0 Å². The average Bonchev–Trinajstić information content (AvgIpc) is 3.03. The molecule has 0 radical (unpaired) electrons. The number of carbonyl (C=O) groups is 3. The summed E-state index contributed by atoms with van der Waals surface area (Å²) in [4.78, 5) is 38.3. The van der Waals surface area contributed by atoms with Crippen LogP contribution >= 0.6 is 0 Å². The van der Waals surface area contributed by atoms with Gasteiger partial charge in [0.1, 0.15) is 6.04 Å². The van der Waals surface area contributed by atoms with Crippen LogP contribution in [0.15, 0.2) is 18.2 Å². The second-order valence-corrected chi connectivity index (χ2v) is 8.86. The fourth-order valence-electron chi connectivity index (χ4n) is 5.68. The summed E-state index contributed by atoms with van der Waals surface area (Å²) in [5, 5.41) is 9.73. The van der Waals surface area contributed by atoms with Crippen LogP contribution < -0.4 is 16.0 Å². The number of fused-ring (bicyclic) bond motifs is 3. The Hall–Kier alpha value is -2.25. The Labute approximate surface area is 170 Å². The van der Waals surface area contributed by atoms with Crippen molar-refractivity contribution in [1.82, 2.24) is 20.9 Å². The van der Waals surface area contributed by atoms with Crippen LogP contribution in [0.1, 0.15) is 53.6 Å². The predicted octanol–water partition coefficient (Wildman–Crippen LogP) is 0.925. The van der Waals surface area contributed by atoms with Crippen LogP contribution in [0, 0.1) is 11.8 Å². The van der Waals surface area contributed by atoms with Gasteiger partial charge >= 0.3 is 0 Å². The third-order valence-corrected chi connectivity index (χ3v) is 7.19. The monoisotopic (exact) mass is 396 g/mol. The summed E-state index contributed by atoms with van der Waals surface area (Å²) >= 11 is 0. The van der Waals surface area contributed by atoms with E-state index in [-0.39, 0.29) is 24.1 Å². The summed E-state index contributed by atoms with van der Waals surface area (Å²) in [5.74, 6) is 0.647. The van der Waals surface area contributed by atoms with Gasteiger partial charge in [0.15, 0.2) is 0 Å². The molecule has 3 atom stereocenters. The highest BCUT2D eigenvalue weighted by Gasteiger charge is 2.40. The van der Waals surface area contributed by atoms with Crippen LogP contribution in [0.4, 0.5) is 0 Å². The summed E-state index contributed by atoms with van der Waals surface area (Å²) in [7, 11) is 0. The third-order valence-electron chi connectivity index (χ3n) is 7.19. The quantitative estimate of drug-likeness (QED) is 0.659. The van der Waals surface area contributed by atoms with Crippen molar-refractivity contribution in [3.05, 3.63) is 34.9 Å². The molecule has 5 rings (SSSR count). The Morgan fingerprint density at radius 3 is 2.62 bits per heavy atom. The molecule has 3 N–H and O–H groups in total. The Morgan fingerprint density at radius 1 is 1.07 bits per heavy atom. The van der Waals surface area contributed by atoms with Crippen LogP contribution in [-0.4, -0.2) is 47.8 Å². The molecular formula is C22H28N4O3. The van der Waals surface area contributed by atoms with Crippen molar-refractivity contribution < 1.29 is 14.4 Å². The van der Waals surface area contributed by atoms with Gasteiger partial charge in [-0.15, -0.1) is 0 Å². The number of hydrogen-bond acceptors (Lipinski definition) is 5. The van der Waals surface area contributed by atoms with E-state index in [4.69, 9.17) is 0 Å². The topological polar surface area (TPSA) is 90.5 Å². The number of nitrogens with one attached hydrogen (secondary N) is 3. The number of rotatable bonds is 4. The Bertz CT molecular complexity index is 832. The summed E-state index contributed by atoms with van der Waals surface area (Å²) in [6.07, 6.45) is 4.55. The van der Waals surface area contributed by atoms with Gasteiger partial charge < -0.3 is 15.5 Å². The second kappa shape index (κ2) is 7.54. The zero-order valence-corrected chi connectivity index (χ0v) is 16.6. The van der Waals surface area contributed by atoms with E-state index >= 15 is 0 Å². The van der Waals surface area contributed by atoms with Crippen molar-refractivity contribution in [2.24, 2.45) is 11.8 Å². The maximum Gasteiger partial charge on any atom is 0.255 e. The SMILES string of the molecule is O=C1CCC(N2Cc3c(CNC4C5CCCC4CNC5)cccc3C2=O)C(=O)N1. The predicted molar refractivity (Wildman–Crippen MR) is 107 cm³/mol. The molecule has 3 amide bonds. The number of hydrogen-bond donors (Lipinski definition) is 3. The second-order valence-electron chi connectivity index (χ2n) is 8.86. The zero-order chi connectivity index (χ0) is 20.0. The molecule has 0 spiro atoms. The van der Waals surface area contributed by atoms with E-state index in [1.165, 1.54) is 19.3 Å². The molecule has 1 aromatic carbocycles. The van der Waals surface area contributed by atoms with E-state index in [1.807, 2.05) is 12.1 Å². The molecule has 1 aromatic rings. The maximum atomic E-state index is 13.0. The van der Waals surface area contributed by atoms with Gasteiger partial charge in [-0.05, 0) is 61.4 Å². The molecule has 29 heavy (non-hydrogen) atoms. The molecule has 3 aliphatic heterocycles. The molecule has 3 heterocycles. The largest absolute Gasteiger partial charge is 0.322 e. The molecule has 4 aliphatic rings. The van der Waals surface area contributed by atoms with Crippen molar-refractivity contribution in [2.45, 2.75) is 57.3 Å². The first-order valence-corrected chi connectivity index (χ1v) is 10.8. The van der Waals surface area contributed by atoms with Gasteiger partial charge in [-0.1, -0.05) is 18.6 Å². The first kappa shape index (κ1) is 18.8. The summed E-state index contributed by atoms with van der Waals surface area (Å²) in [6.45, 7) is 3.36. The fraction of sp³-hybridized carbons (Fsp3) is 0.591. The normalized spacial score (nSPS) is 31.6. The van der Waals surface area contributed by atoms with Gasteiger partial charge in [0.2, 0.25) is 11.8 Å². The van der Waals surface area contributed by atoms with Crippen molar-refractivity contribution in [3.8, 4) is 0 Å². The minimum absolute atomic E-state index is 0.102. The van der Waals surface area contributed by atoms with Gasteiger partial charge in [-0.25, -0.2) is 0 Å². The molecule has 7 heteroatoms. The van der Waals surface area contributed by atoms with E-state index in [0.717, 1.165) is 30.8 Å². The molecular weight excluding hydrogens is 368 g/mol. The van der Waals surface area contributed by atoms with Gasteiger partial charge in [0, 0.05) is 31.1 Å². The standard InChI is InChI=1S/C22H28N4O3/c27-19-8-7-18(21(28)25-19)26-12-17-13(3-2-6-16(17)22(26)29)11-24-20-14-4-1-5-15(20)10-23-9-14/h2-3,6,14-15,18,20,23-24H,1,4-5,7-12H2,(H,25,27,28). The molecule has 2 bridgehead atoms. The van der Waals surface area contributed by atoms with Gasteiger partial charge in [0.05, 0.1) is 0 Å². The van der Waals surface area contributed by atoms with Crippen molar-refractivity contribution in [2.75, 3.05) is 13.1 Å². The lowest BCUT2D eigenvalue weighted by atomic mass is 9.74. The van der Waals surface area contributed by atoms with Crippen LogP contribution in [0.25, 0.3) is 0 Å². The molecule has 3 unspecified atom stereocenters. The van der Waals surface area contributed by atoms with E-state index in [2.05, 4.69) is 22.0 Å². The highest BCUT2D eigenvalue weighted by Crippen LogP contribution is 2.33. The molecule has 154 valence electrons. The Kier molecular flexibility index (Phi) is 4.87. The number of amides is 3. The van der Waals surface area contributed by atoms with Crippen molar-refractivity contribution >= 4 is 17.7 Å². The Morgan fingerprint density at radius 2 is 1.86 bits per heavy atom. The third kappa shape index (κ3) is 3.36. The smallest absolute Gasteiger partial charge is 0.255 e. The highest BCUT2D eigenvalue weighted by atomic mass is 16.2. The van der Waals surface area contributed by atoms with E-state index in [0.29, 0.717) is 36.4 Å². The van der Waals surface area contributed by atoms with Gasteiger partial charge in [-0.2, -0.15) is 0 Å². The van der Waals surface area contributed by atoms with Crippen LogP contribution in [0.3, 0.4) is 0 Å². The molecule has 1 aliphatic carbocycles.